The Balaban J connectivity index is 2.30. The van der Waals surface area contributed by atoms with Crippen molar-refractivity contribution in [1.82, 2.24) is 9.78 Å². The molecule has 4 nitrogen and oxygen atoms in total. The fourth-order valence-corrected chi connectivity index (χ4v) is 1.79. The lowest BCUT2D eigenvalue weighted by molar-refractivity contribution is 0.771. The number of nitrogen functional groups attached to an aromatic ring is 1. The Bertz CT molecular complexity index is 493. The number of anilines is 3. The van der Waals surface area contributed by atoms with Crippen LogP contribution < -0.4 is 11.1 Å². The summed E-state index contributed by atoms with van der Waals surface area (Å²) in [7, 11) is 1.85. The molecule has 0 saturated heterocycles. The molecule has 0 bridgehead atoms. The van der Waals surface area contributed by atoms with E-state index in [1.807, 2.05) is 7.05 Å². The molecule has 4 heteroatoms. The molecule has 1 aromatic carbocycles. The molecule has 1 aromatic heterocycles. The van der Waals surface area contributed by atoms with E-state index < -0.39 is 0 Å². The van der Waals surface area contributed by atoms with E-state index in [9.17, 15) is 0 Å². The highest BCUT2D eigenvalue weighted by atomic mass is 15.3. The third-order valence-electron chi connectivity index (χ3n) is 2.34. The van der Waals surface area contributed by atoms with Gasteiger partial charge in [-0.3, -0.25) is 4.68 Å². The molecule has 0 aliphatic rings. The second-order valence-electron chi connectivity index (χ2n) is 4.11. The van der Waals surface area contributed by atoms with Gasteiger partial charge in [0, 0.05) is 18.9 Å². The first-order valence-electron chi connectivity index (χ1n) is 5.19. The molecule has 3 N–H and O–H groups in total. The first kappa shape index (κ1) is 10.5. The molecular weight excluding hydrogens is 200 g/mol. The number of nitrogens with one attached hydrogen (secondary N) is 1. The van der Waals surface area contributed by atoms with Crippen molar-refractivity contribution in [2.24, 2.45) is 7.05 Å². The van der Waals surface area contributed by atoms with Crippen LogP contribution in [0.15, 0.2) is 24.4 Å². The maximum absolute atomic E-state index is 5.82. The Morgan fingerprint density at radius 1 is 1.19 bits per heavy atom. The van der Waals surface area contributed by atoms with Crippen LogP contribution in [0.25, 0.3) is 0 Å². The summed E-state index contributed by atoms with van der Waals surface area (Å²) in [4.78, 5) is 0. The molecule has 0 atom stereocenters. The molecule has 0 aliphatic heterocycles. The lowest BCUT2D eigenvalue weighted by atomic mass is 10.1. The largest absolute Gasteiger partial charge is 0.394 e. The number of nitrogens with two attached hydrogens (primary N) is 1. The van der Waals surface area contributed by atoms with Crippen LogP contribution in [-0.4, -0.2) is 9.78 Å². The summed E-state index contributed by atoms with van der Waals surface area (Å²) in [5, 5.41) is 7.46. The quantitative estimate of drug-likeness (QED) is 0.810. The van der Waals surface area contributed by atoms with Crippen molar-refractivity contribution in [1.29, 1.82) is 0 Å². The molecular formula is C12H16N4. The van der Waals surface area contributed by atoms with Crippen LogP contribution in [0.1, 0.15) is 11.1 Å². The van der Waals surface area contributed by atoms with Gasteiger partial charge in [0.15, 0.2) is 5.82 Å². The zero-order valence-electron chi connectivity index (χ0n) is 9.78. The van der Waals surface area contributed by atoms with Gasteiger partial charge in [-0.05, 0) is 37.1 Å². The normalized spacial score (nSPS) is 10.4. The average Bonchev–Trinajstić information content (AvgIpc) is 2.43. The molecule has 0 saturated carbocycles. The fraction of sp³-hybridized carbons (Fsp3) is 0.250. The van der Waals surface area contributed by atoms with E-state index in [0.717, 1.165) is 5.69 Å². The fourth-order valence-electron chi connectivity index (χ4n) is 1.79. The van der Waals surface area contributed by atoms with Crippen LogP contribution in [0.3, 0.4) is 0 Å². The van der Waals surface area contributed by atoms with Gasteiger partial charge < -0.3 is 11.1 Å². The van der Waals surface area contributed by atoms with Gasteiger partial charge in [0.1, 0.15) is 0 Å². The first-order chi connectivity index (χ1) is 7.54. The molecule has 0 aliphatic carbocycles. The van der Waals surface area contributed by atoms with Crippen LogP contribution in [-0.2, 0) is 7.05 Å². The molecule has 2 rings (SSSR count). The summed E-state index contributed by atoms with van der Waals surface area (Å²) in [6, 6.07) is 6.27. The Kier molecular flexibility index (Phi) is 2.56. The first-order valence-corrected chi connectivity index (χ1v) is 5.19. The molecule has 2 aromatic rings. The van der Waals surface area contributed by atoms with Gasteiger partial charge >= 0.3 is 0 Å². The second kappa shape index (κ2) is 3.89. The smallest absolute Gasteiger partial charge is 0.175 e. The lowest BCUT2D eigenvalue weighted by Gasteiger charge is -2.06. The third kappa shape index (κ3) is 2.16. The highest BCUT2D eigenvalue weighted by Gasteiger charge is 2.04. The summed E-state index contributed by atoms with van der Waals surface area (Å²) in [5.74, 6) is 0.701. The van der Waals surface area contributed by atoms with Crippen molar-refractivity contribution in [2.75, 3.05) is 11.1 Å². The number of hydrogen-bond donors (Lipinski definition) is 2. The number of aromatic nitrogens is 2. The maximum atomic E-state index is 5.82. The van der Waals surface area contributed by atoms with E-state index in [1.54, 1.807) is 10.9 Å². The second-order valence-corrected chi connectivity index (χ2v) is 4.11. The van der Waals surface area contributed by atoms with Gasteiger partial charge in [0.2, 0.25) is 0 Å². The van der Waals surface area contributed by atoms with Gasteiger partial charge in [-0.25, -0.2) is 0 Å². The molecule has 0 fully saturated rings. The number of rotatable bonds is 2. The lowest BCUT2D eigenvalue weighted by Crippen LogP contribution is -1.96. The Hall–Kier alpha value is -1.97. The van der Waals surface area contributed by atoms with Crippen LogP contribution >= 0.6 is 0 Å². The zero-order chi connectivity index (χ0) is 11.7. The minimum Gasteiger partial charge on any atom is -0.394 e. The Labute approximate surface area is 95.1 Å². The van der Waals surface area contributed by atoms with E-state index in [-0.39, 0.29) is 0 Å². The van der Waals surface area contributed by atoms with Gasteiger partial charge in [-0.2, -0.15) is 5.10 Å². The van der Waals surface area contributed by atoms with Crippen molar-refractivity contribution in [2.45, 2.75) is 13.8 Å². The molecule has 0 spiro atoms. The number of hydrogen-bond acceptors (Lipinski definition) is 3. The summed E-state index contributed by atoms with van der Waals surface area (Å²) in [6.07, 6.45) is 1.78. The minimum atomic E-state index is 0.654. The Morgan fingerprint density at radius 3 is 2.31 bits per heavy atom. The van der Waals surface area contributed by atoms with Crippen LogP contribution in [0.2, 0.25) is 0 Å². The van der Waals surface area contributed by atoms with E-state index >= 15 is 0 Å². The highest BCUT2D eigenvalue weighted by molar-refractivity contribution is 5.68. The van der Waals surface area contributed by atoms with Crippen molar-refractivity contribution in [3.05, 3.63) is 35.5 Å². The minimum absolute atomic E-state index is 0.654. The number of benzene rings is 1. The molecule has 0 amide bonds. The SMILES string of the molecule is Cc1cc(C)cc(Nc2nn(C)cc2N)c1. The predicted molar refractivity (Wildman–Crippen MR) is 66.8 cm³/mol. The van der Waals surface area contributed by atoms with E-state index in [1.165, 1.54) is 11.1 Å². The van der Waals surface area contributed by atoms with Crippen LogP contribution in [0, 0.1) is 13.8 Å². The van der Waals surface area contributed by atoms with Crippen LogP contribution in [0.5, 0.6) is 0 Å². The highest BCUT2D eigenvalue weighted by Crippen LogP contribution is 2.22. The molecule has 16 heavy (non-hydrogen) atoms. The standard InChI is InChI=1S/C12H16N4/c1-8-4-9(2)6-10(5-8)14-12-11(13)7-16(3)15-12/h4-7H,13H2,1-3H3,(H,14,15). The topological polar surface area (TPSA) is 55.9 Å². The van der Waals surface area contributed by atoms with Crippen molar-refractivity contribution in [3.63, 3.8) is 0 Å². The van der Waals surface area contributed by atoms with Gasteiger partial charge in [0.25, 0.3) is 0 Å². The summed E-state index contributed by atoms with van der Waals surface area (Å²) in [6.45, 7) is 4.14. The summed E-state index contributed by atoms with van der Waals surface area (Å²) < 4.78 is 1.69. The van der Waals surface area contributed by atoms with Gasteiger partial charge in [-0.15, -0.1) is 0 Å². The third-order valence-corrected chi connectivity index (χ3v) is 2.34. The van der Waals surface area contributed by atoms with Crippen molar-refractivity contribution >= 4 is 17.2 Å². The van der Waals surface area contributed by atoms with E-state index in [4.69, 9.17) is 5.73 Å². The number of aryl methyl sites for hydroxylation is 3. The molecule has 0 unspecified atom stereocenters. The molecule has 1 heterocycles. The predicted octanol–water partition coefficient (Wildman–Crippen LogP) is 2.36. The molecule has 84 valence electrons. The summed E-state index contributed by atoms with van der Waals surface area (Å²) in [5.41, 5.74) is 9.93. The molecule has 0 radical (unpaired) electrons. The van der Waals surface area contributed by atoms with Gasteiger partial charge in [0.05, 0.1) is 5.69 Å². The maximum Gasteiger partial charge on any atom is 0.175 e. The zero-order valence-corrected chi connectivity index (χ0v) is 9.78. The monoisotopic (exact) mass is 216 g/mol. The van der Waals surface area contributed by atoms with E-state index in [2.05, 4.69) is 42.5 Å². The van der Waals surface area contributed by atoms with Crippen molar-refractivity contribution in [3.8, 4) is 0 Å². The Morgan fingerprint density at radius 2 is 1.81 bits per heavy atom. The van der Waals surface area contributed by atoms with Gasteiger partial charge in [-0.1, -0.05) is 6.07 Å². The number of nitrogens with zero attached hydrogens (tertiary/aromatic N) is 2. The van der Waals surface area contributed by atoms with Crippen molar-refractivity contribution < 1.29 is 0 Å². The summed E-state index contributed by atoms with van der Waals surface area (Å²) >= 11 is 0. The average molecular weight is 216 g/mol. The van der Waals surface area contributed by atoms with E-state index in [0.29, 0.717) is 11.5 Å². The van der Waals surface area contributed by atoms with Crippen LogP contribution in [0.4, 0.5) is 17.2 Å².